The number of hydrogen-bond acceptors (Lipinski definition) is 6. The van der Waals surface area contributed by atoms with Crippen LogP contribution in [-0.4, -0.2) is 30.3 Å². The van der Waals surface area contributed by atoms with Crippen LogP contribution in [0.5, 0.6) is 5.75 Å². The Bertz CT molecular complexity index is 732. The molecule has 1 heterocycles. The first-order valence-electron chi connectivity index (χ1n) is 7.06. The van der Waals surface area contributed by atoms with E-state index in [0.717, 1.165) is 0 Å². The van der Waals surface area contributed by atoms with Gasteiger partial charge in [-0.3, -0.25) is 0 Å². The number of aromatic hydroxyl groups is 1. The van der Waals surface area contributed by atoms with Crippen LogP contribution in [0.2, 0.25) is 0 Å². The highest BCUT2D eigenvalue weighted by Gasteiger charge is 2.28. The Morgan fingerprint density at radius 3 is 2.43 bits per heavy atom. The first-order valence-corrected chi connectivity index (χ1v) is 7.94. The largest absolute Gasteiger partial charge is 0.507 e. The minimum Gasteiger partial charge on any atom is -0.507 e. The maximum Gasteiger partial charge on any atom is 0.342 e. The molecule has 23 heavy (non-hydrogen) atoms. The van der Waals surface area contributed by atoms with Crippen LogP contribution in [0.4, 0.5) is 0 Å². The van der Waals surface area contributed by atoms with Crippen LogP contribution in [0, 0.1) is 6.92 Å². The molecule has 2 rings (SSSR count). The Hall–Kier alpha value is -2.34. The lowest BCUT2D eigenvalue weighted by molar-refractivity contribution is 0.0378. The highest BCUT2D eigenvalue weighted by atomic mass is 32.1. The van der Waals surface area contributed by atoms with Crippen molar-refractivity contribution < 1.29 is 24.2 Å². The second kappa shape index (κ2) is 6.83. The fourth-order valence-electron chi connectivity index (χ4n) is 2.31. The van der Waals surface area contributed by atoms with Crippen LogP contribution in [0.3, 0.4) is 0 Å². The molecule has 0 unspecified atom stereocenters. The van der Waals surface area contributed by atoms with Gasteiger partial charge in [0.1, 0.15) is 11.3 Å². The third kappa shape index (κ3) is 3.37. The normalized spacial score (nSPS) is 10.7. The molecule has 0 saturated carbocycles. The number of esters is 2. The smallest absolute Gasteiger partial charge is 0.342 e. The van der Waals surface area contributed by atoms with E-state index < -0.39 is 11.9 Å². The number of aryl methyl sites for hydroxylation is 1. The predicted octanol–water partition coefficient (Wildman–Crippen LogP) is 3.78. The number of carbonyl (C=O) groups excluding carboxylic acids is 2. The minimum absolute atomic E-state index is 0.0312. The molecule has 5 nitrogen and oxygen atoms in total. The zero-order chi connectivity index (χ0) is 17.1. The van der Waals surface area contributed by atoms with Crippen molar-refractivity contribution >= 4 is 23.3 Å². The summed E-state index contributed by atoms with van der Waals surface area (Å²) in [6.07, 6.45) is -0.298. The van der Waals surface area contributed by atoms with E-state index >= 15 is 0 Å². The van der Waals surface area contributed by atoms with Gasteiger partial charge >= 0.3 is 11.9 Å². The number of ether oxygens (including phenoxy) is 2. The maximum absolute atomic E-state index is 12.5. The molecular formula is C17H18O5S. The highest BCUT2D eigenvalue weighted by Crippen LogP contribution is 2.39. The molecule has 0 saturated heterocycles. The standard InChI is InChI=1S/C17H18O5S/c1-9(2)22-17(20)13-10(3)8-11(18)14(16(19)21-4)15(13)12-6-5-7-23-12/h5-9,18H,1-4H3. The molecule has 2 aromatic rings. The lowest BCUT2D eigenvalue weighted by Gasteiger charge is -2.17. The molecular weight excluding hydrogens is 316 g/mol. The van der Waals surface area contributed by atoms with Crippen LogP contribution < -0.4 is 0 Å². The lowest BCUT2D eigenvalue weighted by atomic mass is 9.94. The molecule has 0 aliphatic rings. The second-order valence-corrected chi connectivity index (χ2v) is 6.21. The van der Waals surface area contributed by atoms with E-state index in [2.05, 4.69) is 0 Å². The number of thiophene rings is 1. The third-order valence-electron chi connectivity index (χ3n) is 3.21. The van der Waals surface area contributed by atoms with E-state index in [1.54, 1.807) is 32.9 Å². The van der Waals surface area contributed by atoms with Gasteiger partial charge in [-0.05, 0) is 43.8 Å². The van der Waals surface area contributed by atoms with Crippen molar-refractivity contribution in [3.05, 3.63) is 40.3 Å². The summed E-state index contributed by atoms with van der Waals surface area (Å²) in [6, 6.07) is 4.95. The average molecular weight is 334 g/mol. The van der Waals surface area contributed by atoms with E-state index in [1.165, 1.54) is 24.5 Å². The van der Waals surface area contributed by atoms with Crippen LogP contribution >= 0.6 is 11.3 Å². The van der Waals surface area contributed by atoms with Gasteiger partial charge in [-0.1, -0.05) is 6.07 Å². The van der Waals surface area contributed by atoms with Crippen LogP contribution in [0.25, 0.3) is 10.4 Å². The minimum atomic E-state index is -0.704. The van der Waals surface area contributed by atoms with Crippen molar-refractivity contribution in [3.8, 4) is 16.2 Å². The Morgan fingerprint density at radius 2 is 1.91 bits per heavy atom. The van der Waals surface area contributed by atoms with Crippen molar-refractivity contribution in [1.29, 1.82) is 0 Å². The summed E-state index contributed by atoms with van der Waals surface area (Å²) < 4.78 is 10.1. The summed E-state index contributed by atoms with van der Waals surface area (Å²) in [7, 11) is 1.23. The highest BCUT2D eigenvalue weighted by molar-refractivity contribution is 7.13. The molecule has 0 aliphatic heterocycles. The summed E-state index contributed by atoms with van der Waals surface area (Å²) >= 11 is 1.36. The van der Waals surface area contributed by atoms with Crippen molar-refractivity contribution in [1.82, 2.24) is 0 Å². The van der Waals surface area contributed by atoms with Crippen molar-refractivity contribution in [2.24, 2.45) is 0 Å². The number of phenols is 1. The summed E-state index contributed by atoms with van der Waals surface area (Å²) in [6.45, 7) is 5.19. The molecule has 0 fully saturated rings. The quantitative estimate of drug-likeness (QED) is 0.861. The fourth-order valence-corrected chi connectivity index (χ4v) is 3.09. The number of rotatable bonds is 4. The summed E-state index contributed by atoms with van der Waals surface area (Å²) in [4.78, 5) is 25.3. The molecule has 1 aromatic heterocycles. The average Bonchev–Trinajstić information content (AvgIpc) is 2.98. The topological polar surface area (TPSA) is 72.8 Å². The molecule has 1 aromatic carbocycles. The Balaban J connectivity index is 2.79. The molecule has 0 bridgehead atoms. The molecule has 0 spiro atoms. The van der Waals surface area contributed by atoms with E-state index in [1.807, 2.05) is 5.38 Å². The van der Waals surface area contributed by atoms with Gasteiger partial charge in [0.25, 0.3) is 0 Å². The van der Waals surface area contributed by atoms with E-state index in [4.69, 9.17) is 9.47 Å². The zero-order valence-electron chi connectivity index (χ0n) is 13.4. The summed E-state index contributed by atoms with van der Waals surface area (Å²) in [5.74, 6) is -1.46. The molecule has 0 radical (unpaired) electrons. The number of methoxy groups -OCH3 is 1. The SMILES string of the molecule is COC(=O)c1c(O)cc(C)c(C(=O)OC(C)C)c1-c1cccs1. The lowest BCUT2D eigenvalue weighted by Crippen LogP contribution is -2.16. The summed E-state index contributed by atoms with van der Waals surface area (Å²) in [5, 5.41) is 12.0. The molecule has 0 aliphatic carbocycles. The van der Waals surface area contributed by atoms with Crippen LogP contribution in [0.1, 0.15) is 40.1 Å². The van der Waals surface area contributed by atoms with Gasteiger partial charge < -0.3 is 14.6 Å². The monoisotopic (exact) mass is 334 g/mol. The summed E-state index contributed by atoms with van der Waals surface area (Å²) in [5.41, 5.74) is 1.11. The van der Waals surface area contributed by atoms with Gasteiger partial charge in [-0.2, -0.15) is 0 Å². The molecule has 0 atom stereocenters. The van der Waals surface area contributed by atoms with Gasteiger partial charge in [-0.15, -0.1) is 11.3 Å². The number of carbonyl (C=O) groups is 2. The first kappa shape index (κ1) is 17.0. The van der Waals surface area contributed by atoms with Gasteiger partial charge in [0.05, 0.1) is 18.8 Å². The Morgan fingerprint density at radius 1 is 1.22 bits per heavy atom. The van der Waals surface area contributed by atoms with Crippen molar-refractivity contribution in [3.63, 3.8) is 0 Å². The van der Waals surface area contributed by atoms with E-state index in [-0.39, 0.29) is 23.0 Å². The van der Waals surface area contributed by atoms with Crippen molar-refractivity contribution in [2.45, 2.75) is 26.9 Å². The van der Waals surface area contributed by atoms with E-state index in [9.17, 15) is 14.7 Å². The fraction of sp³-hybridized carbons (Fsp3) is 0.294. The molecule has 0 amide bonds. The maximum atomic E-state index is 12.5. The number of phenolic OH excluding ortho intramolecular Hbond substituents is 1. The number of hydrogen-bond donors (Lipinski definition) is 1. The molecule has 122 valence electrons. The third-order valence-corrected chi connectivity index (χ3v) is 4.10. The number of benzene rings is 1. The Labute approximate surface area is 138 Å². The predicted molar refractivity (Wildman–Crippen MR) is 88.0 cm³/mol. The molecule has 1 N–H and O–H groups in total. The first-order chi connectivity index (χ1) is 10.9. The zero-order valence-corrected chi connectivity index (χ0v) is 14.2. The Kier molecular flexibility index (Phi) is 5.05. The van der Waals surface area contributed by atoms with Crippen LogP contribution in [-0.2, 0) is 9.47 Å². The molecule has 6 heteroatoms. The van der Waals surface area contributed by atoms with Gasteiger partial charge in [0, 0.05) is 10.4 Å². The van der Waals surface area contributed by atoms with E-state index in [0.29, 0.717) is 16.0 Å². The second-order valence-electron chi connectivity index (χ2n) is 5.26. The van der Waals surface area contributed by atoms with Gasteiger partial charge in [-0.25, -0.2) is 9.59 Å². The van der Waals surface area contributed by atoms with Crippen LogP contribution in [0.15, 0.2) is 23.6 Å². The van der Waals surface area contributed by atoms with Gasteiger partial charge in [0.2, 0.25) is 0 Å². The van der Waals surface area contributed by atoms with Gasteiger partial charge in [0.15, 0.2) is 0 Å². The van der Waals surface area contributed by atoms with Crippen molar-refractivity contribution in [2.75, 3.05) is 7.11 Å².